The van der Waals surface area contributed by atoms with Crippen LogP contribution in [0.1, 0.15) is 61.8 Å². The van der Waals surface area contributed by atoms with Crippen LogP contribution in [0.4, 0.5) is 0 Å². The Morgan fingerprint density at radius 2 is 1.28 bits per heavy atom. The Morgan fingerprint density at radius 1 is 0.778 bits per heavy atom. The van der Waals surface area contributed by atoms with E-state index in [0.717, 1.165) is 47.3 Å². The van der Waals surface area contributed by atoms with E-state index in [1.165, 1.54) is 6.42 Å². The summed E-state index contributed by atoms with van der Waals surface area (Å²) in [6.45, 7) is 20.1. The molecule has 0 aromatic rings. The molecule has 106 valence electrons. The molecular formula is C18H34. The summed E-state index contributed by atoms with van der Waals surface area (Å²) in [4.78, 5) is 0. The van der Waals surface area contributed by atoms with Gasteiger partial charge in [-0.1, -0.05) is 55.4 Å². The first-order chi connectivity index (χ1) is 8.26. The van der Waals surface area contributed by atoms with Crippen LogP contribution in [-0.2, 0) is 0 Å². The van der Waals surface area contributed by atoms with Crippen molar-refractivity contribution in [3.8, 4) is 0 Å². The second-order valence-electron chi connectivity index (χ2n) is 8.21. The van der Waals surface area contributed by atoms with Crippen molar-refractivity contribution >= 4 is 0 Å². The third kappa shape index (κ3) is 1.56. The van der Waals surface area contributed by atoms with Crippen LogP contribution in [0.5, 0.6) is 0 Å². The summed E-state index contributed by atoms with van der Waals surface area (Å²) in [6, 6.07) is 0. The van der Waals surface area contributed by atoms with Crippen LogP contribution in [0.3, 0.4) is 0 Å². The Balaban J connectivity index is 2.47. The van der Waals surface area contributed by atoms with Gasteiger partial charge in [0.05, 0.1) is 0 Å². The van der Waals surface area contributed by atoms with E-state index in [9.17, 15) is 0 Å². The lowest BCUT2D eigenvalue weighted by molar-refractivity contribution is -0.0100. The molecule has 0 amide bonds. The Morgan fingerprint density at radius 3 is 1.72 bits per heavy atom. The van der Waals surface area contributed by atoms with Gasteiger partial charge in [-0.25, -0.2) is 0 Å². The minimum atomic E-state index is 0.586. The quantitative estimate of drug-likeness (QED) is 0.609. The lowest BCUT2D eigenvalue weighted by Gasteiger charge is -2.48. The molecule has 18 heavy (non-hydrogen) atoms. The standard InChI is InChI=1S/C18H34/c1-10(2)18(11(3)4)12(5)9-16-14(7)13(6)15(8)17(16)18/h10-17H,9H2,1-8H3/t12-,13?,14?,15?,16?,17?/m0/s1. The second kappa shape index (κ2) is 4.53. The zero-order valence-corrected chi connectivity index (χ0v) is 13.8. The van der Waals surface area contributed by atoms with E-state index < -0.39 is 0 Å². The Bertz CT molecular complexity index is 293. The molecule has 0 heterocycles. The molecule has 0 nitrogen and oxygen atoms in total. The fourth-order valence-electron chi connectivity index (χ4n) is 6.62. The minimum Gasteiger partial charge on any atom is -0.0622 e. The predicted octanol–water partition coefficient (Wildman–Crippen LogP) is 5.48. The normalized spacial score (nSPS) is 47.0. The first-order valence-electron chi connectivity index (χ1n) is 8.26. The highest BCUT2D eigenvalue weighted by molar-refractivity contribution is 5.10. The summed E-state index contributed by atoms with van der Waals surface area (Å²) in [5.41, 5.74) is 0.586. The number of rotatable bonds is 2. The van der Waals surface area contributed by atoms with Crippen molar-refractivity contribution in [2.45, 2.75) is 61.8 Å². The average molecular weight is 250 g/mol. The summed E-state index contributed by atoms with van der Waals surface area (Å²) < 4.78 is 0. The van der Waals surface area contributed by atoms with E-state index in [0.29, 0.717) is 5.41 Å². The average Bonchev–Trinajstić information content (AvgIpc) is 2.68. The van der Waals surface area contributed by atoms with Gasteiger partial charge in [-0.05, 0) is 59.2 Å². The molecule has 6 atom stereocenters. The Kier molecular flexibility index (Phi) is 3.63. The first-order valence-corrected chi connectivity index (χ1v) is 8.26. The molecule has 0 spiro atoms. The molecule has 0 aromatic carbocycles. The van der Waals surface area contributed by atoms with Gasteiger partial charge in [-0.2, -0.15) is 0 Å². The molecular weight excluding hydrogens is 216 g/mol. The van der Waals surface area contributed by atoms with E-state index in [1.54, 1.807) is 0 Å². The van der Waals surface area contributed by atoms with Crippen LogP contribution in [0.25, 0.3) is 0 Å². The molecule has 0 radical (unpaired) electrons. The van der Waals surface area contributed by atoms with Crippen LogP contribution in [0.2, 0.25) is 0 Å². The molecule has 2 rings (SSSR count). The fraction of sp³-hybridized carbons (Fsp3) is 1.00. The topological polar surface area (TPSA) is 0 Å². The maximum Gasteiger partial charge on any atom is -0.0192 e. The van der Waals surface area contributed by atoms with Crippen LogP contribution in [0, 0.1) is 52.8 Å². The van der Waals surface area contributed by atoms with Gasteiger partial charge in [-0.15, -0.1) is 0 Å². The van der Waals surface area contributed by atoms with E-state index >= 15 is 0 Å². The largest absolute Gasteiger partial charge is 0.0622 e. The summed E-state index contributed by atoms with van der Waals surface area (Å²) in [5.74, 6) is 7.29. The predicted molar refractivity (Wildman–Crippen MR) is 80.4 cm³/mol. The van der Waals surface area contributed by atoms with Gasteiger partial charge >= 0.3 is 0 Å². The molecule has 0 aliphatic heterocycles. The van der Waals surface area contributed by atoms with Crippen LogP contribution < -0.4 is 0 Å². The summed E-state index contributed by atoms with van der Waals surface area (Å²) in [5, 5.41) is 0. The van der Waals surface area contributed by atoms with E-state index in [4.69, 9.17) is 0 Å². The van der Waals surface area contributed by atoms with Gasteiger partial charge in [0.15, 0.2) is 0 Å². The lowest BCUT2D eigenvalue weighted by Crippen LogP contribution is -2.44. The summed E-state index contributed by atoms with van der Waals surface area (Å²) >= 11 is 0. The zero-order chi connectivity index (χ0) is 13.8. The second-order valence-corrected chi connectivity index (χ2v) is 8.21. The Hall–Kier alpha value is 0. The smallest absolute Gasteiger partial charge is 0.0192 e. The highest BCUT2D eigenvalue weighted by Gasteiger charge is 2.62. The van der Waals surface area contributed by atoms with Crippen molar-refractivity contribution < 1.29 is 0 Å². The SMILES string of the molecule is CC1C(C)C2C[C@H](C)C(C(C)C)(C(C)C)C2C1C. The molecule has 2 saturated carbocycles. The molecule has 5 unspecified atom stereocenters. The van der Waals surface area contributed by atoms with Crippen molar-refractivity contribution in [1.82, 2.24) is 0 Å². The van der Waals surface area contributed by atoms with Gasteiger partial charge in [0, 0.05) is 0 Å². The van der Waals surface area contributed by atoms with Crippen molar-refractivity contribution in [3.63, 3.8) is 0 Å². The van der Waals surface area contributed by atoms with Gasteiger partial charge in [0.1, 0.15) is 0 Å². The molecule has 0 saturated heterocycles. The molecule has 2 aliphatic carbocycles. The summed E-state index contributed by atoms with van der Waals surface area (Å²) in [6.07, 6.45) is 1.48. The van der Waals surface area contributed by atoms with E-state index in [1.807, 2.05) is 0 Å². The third-order valence-corrected chi connectivity index (χ3v) is 7.42. The van der Waals surface area contributed by atoms with Crippen molar-refractivity contribution in [2.24, 2.45) is 52.8 Å². The van der Waals surface area contributed by atoms with Gasteiger partial charge in [-0.3, -0.25) is 0 Å². The highest BCUT2D eigenvalue weighted by Crippen LogP contribution is 2.68. The molecule has 2 aliphatic rings. The molecule has 0 heteroatoms. The van der Waals surface area contributed by atoms with Crippen LogP contribution in [-0.4, -0.2) is 0 Å². The van der Waals surface area contributed by atoms with Gasteiger partial charge in [0.2, 0.25) is 0 Å². The third-order valence-electron chi connectivity index (χ3n) is 7.42. The zero-order valence-electron chi connectivity index (χ0n) is 13.8. The minimum absolute atomic E-state index is 0.586. The molecule has 0 N–H and O–H groups in total. The highest BCUT2D eigenvalue weighted by atomic mass is 14.7. The molecule has 2 fully saturated rings. The van der Waals surface area contributed by atoms with E-state index in [-0.39, 0.29) is 0 Å². The monoisotopic (exact) mass is 250 g/mol. The number of hydrogen-bond acceptors (Lipinski definition) is 0. The van der Waals surface area contributed by atoms with Gasteiger partial charge in [0.25, 0.3) is 0 Å². The van der Waals surface area contributed by atoms with E-state index in [2.05, 4.69) is 55.4 Å². The van der Waals surface area contributed by atoms with Crippen molar-refractivity contribution in [3.05, 3.63) is 0 Å². The maximum absolute atomic E-state index is 2.55. The number of hydrogen-bond donors (Lipinski definition) is 0. The van der Waals surface area contributed by atoms with Crippen LogP contribution in [0.15, 0.2) is 0 Å². The Labute approximate surface area is 115 Å². The maximum atomic E-state index is 2.55. The fourth-order valence-corrected chi connectivity index (χ4v) is 6.62. The molecule has 0 aromatic heterocycles. The summed E-state index contributed by atoms with van der Waals surface area (Å²) in [7, 11) is 0. The van der Waals surface area contributed by atoms with Crippen molar-refractivity contribution in [1.29, 1.82) is 0 Å². The lowest BCUT2D eigenvalue weighted by atomic mass is 9.56. The van der Waals surface area contributed by atoms with Gasteiger partial charge < -0.3 is 0 Å². The number of fused-ring (bicyclic) bond motifs is 1. The molecule has 0 bridgehead atoms. The first kappa shape index (κ1) is 14.4. The van der Waals surface area contributed by atoms with Crippen molar-refractivity contribution in [2.75, 3.05) is 0 Å². The van der Waals surface area contributed by atoms with Crippen LogP contribution >= 0.6 is 0 Å².